The van der Waals surface area contributed by atoms with Gasteiger partial charge in [-0.25, -0.2) is 0 Å². The molecule has 0 fully saturated rings. The smallest absolute Gasteiger partial charge is 0.265 e. The van der Waals surface area contributed by atoms with Crippen LogP contribution in [0.2, 0.25) is 0 Å². The molecule has 0 bridgehead atoms. The average molecular weight is 393 g/mol. The van der Waals surface area contributed by atoms with E-state index < -0.39 is 6.10 Å². The zero-order valence-electron chi connectivity index (χ0n) is 14.6. The summed E-state index contributed by atoms with van der Waals surface area (Å²) in [4.78, 5) is 13.6. The number of ether oxygens (including phenoxy) is 2. The number of nitrogens with one attached hydrogen (secondary N) is 1. The first-order valence-electron chi connectivity index (χ1n) is 8.69. The number of para-hydroxylation sites is 2. The first-order valence-corrected chi connectivity index (χ1v) is 9.57. The summed E-state index contributed by atoms with van der Waals surface area (Å²) >= 11 is 1.61. The van der Waals surface area contributed by atoms with Gasteiger partial charge in [-0.2, -0.15) is 9.61 Å². The van der Waals surface area contributed by atoms with Gasteiger partial charge in [0.25, 0.3) is 5.91 Å². The predicted octanol–water partition coefficient (Wildman–Crippen LogP) is 2.31. The molecule has 0 radical (unpaired) electrons. The normalized spacial score (nSPS) is 15.5. The molecule has 3 aromatic heterocycles. The van der Waals surface area contributed by atoms with Crippen molar-refractivity contribution in [3.05, 3.63) is 59.7 Å². The Morgan fingerprint density at radius 2 is 2.04 bits per heavy atom. The minimum Gasteiger partial charge on any atom is -0.485 e. The number of hydrogen-bond donors (Lipinski definition) is 1. The Morgan fingerprint density at radius 3 is 2.89 bits per heavy atom. The lowest BCUT2D eigenvalue weighted by Gasteiger charge is -2.25. The standard InChI is InChI=1S/C19H15N5O3S/c25-19(15-11-26-13-4-1-2-5-14(13)27-15)20-10-18-22-21-17-8-7-12(23-24(17)18)16-6-3-9-28-16/h1-9,15H,10-11H2,(H,20,25). The number of fused-ring (bicyclic) bond motifs is 2. The number of carbonyl (C=O) groups is 1. The summed E-state index contributed by atoms with van der Waals surface area (Å²) in [6.07, 6.45) is -0.719. The summed E-state index contributed by atoms with van der Waals surface area (Å²) in [5, 5.41) is 17.7. The van der Waals surface area contributed by atoms with Crippen molar-refractivity contribution in [1.82, 2.24) is 25.1 Å². The van der Waals surface area contributed by atoms with Crippen molar-refractivity contribution in [2.45, 2.75) is 12.6 Å². The van der Waals surface area contributed by atoms with E-state index in [0.29, 0.717) is 23.0 Å². The maximum Gasteiger partial charge on any atom is 0.265 e. The van der Waals surface area contributed by atoms with Gasteiger partial charge in [-0.3, -0.25) is 4.79 Å². The van der Waals surface area contributed by atoms with Crippen LogP contribution in [-0.2, 0) is 11.3 Å². The van der Waals surface area contributed by atoms with Gasteiger partial charge in [-0.1, -0.05) is 18.2 Å². The third-order valence-corrected chi connectivity index (χ3v) is 5.22. The van der Waals surface area contributed by atoms with Gasteiger partial charge < -0.3 is 14.8 Å². The fraction of sp³-hybridized carbons (Fsp3) is 0.158. The number of rotatable bonds is 4. The van der Waals surface area contributed by atoms with E-state index in [1.165, 1.54) is 0 Å². The number of nitrogens with zero attached hydrogens (tertiary/aromatic N) is 4. The molecule has 140 valence electrons. The van der Waals surface area contributed by atoms with Crippen LogP contribution in [0, 0.1) is 0 Å². The molecule has 0 saturated carbocycles. The summed E-state index contributed by atoms with van der Waals surface area (Å²) in [6.45, 7) is 0.340. The molecular formula is C19H15N5O3S. The molecule has 1 aliphatic heterocycles. The molecule has 0 aliphatic carbocycles. The second kappa shape index (κ2) is 6.93. The van der Waals surface area contributed by atoms with Gasteiger partial charge in [0.05, 0.1) is 11.4 Å². The second-order valence-corrected chi connectivity index (χ2v) is 7.11. The zero-order chi connectivity index (χ0) is 18.9. The molecule has 0 spiro atoms. The van der Waals surface area contributed by atoms with Crippen LogP contribution in [0.1, 0.15) is 5.82 Å². The number of amides is 1. The van der Waals surface area contributed by atoms with Crippen LogP contribution in [0.15, 0.2) is 53.9 Å². The average Bonchev–Trinajstić information content (AvgIpc) is 3.41. The highest BCUT2D eigenvalue weighted by molar-refractivity contribution is 7.13. The highest BCUT2D eigenvalue weighted by Gasteiger charge is 2.27. The van der Waals surface area contributed by atoms with Crippen LogP contribution in [0.3, 0.4) is 0 Å². The van der Waals surface area contributed by atoms with E-state index in [9.17, 15) is 4.79 Å². The fourth-order valence-electron chi connectivity index (χ4n) is 2.93. The van der Waals surface area contributed by atoms with E-state index in [-0.39, 0.29) is 19.1 Å². The minimum absolute atomic E-state index is 0.157. The molecule has 4 aromatic rings. The summed E-state index contributed by atoms with van der Waals surface area (Å²) in [5.41, 5.74) is 1.45. The number of aromatic nitrogens is 4. The lowest BCUT2D eigenvalue weighted by atomic mass is 10.2. The molecule has 0 saturated heterocycles. The largest absolute Gasteiger partial charge is 0.485 e. The van der Waals surface area contributed by atoms with Gasteiger partial charge in [0.1, 0.15) is 12.3 Å². The molecule has 5 rings (SSSR count). The van der Waals surface area contributed by atoms with Crippen LogP contribution in [0.25, 0.3) is 16.2 Å². The lowest BCUT2D eigenvalue weighted by Crippen LogP contribution is -2.43. The Bertz CT molecular complexity index is 1140. The van der Waals surface area contributed by atoms with Crippen LogP contribution >= 0.6 is 11.3 Å². The fourth-order valence-corrected chi connectivity index (χ4v) is 3.62. The van der Waals surface area contributed by atoms with Crippen molar-refractivity contribution < 1.29 is 14.3 Å². The topological polar surface area (TPSA) is 90.6 Å². The Kier molecular flexibility index (Phi) is 4.13. The molecule has 1 N–H and O–H groups in total. The number of thiophene rings is 1. The lowest BCUT2D eigenvalue weighted by molar-refractivity contribution is -0.130. The van der Waals surface area contributed by atoms with Gasteiger partial charge in [-0.05, 0) is 35.7 Å². The first-order chi connectivity index (χ1) is 13.8. The molecule has 9 heteroatoms. The van der Waals surface area contributed by atoms with Gasteiger partial charge in [0, 0.05) is 0 Å². The Balaban J connectivity index is 1.31. The minimum atomic E-state index is -0.719. The van der Waals surface area contributed by atoms with E-state index >= 15 is 0 Å². The van der Waals surface area contributed by atoms with Crippen LogP contribution in [-0.4, -0.2) is 38.4 Å². The van der Waals surface area contributed by atoms with Gasteiger partial charge in [-0.15, -0.1) is 21.5 Å². The van der Waals surface area contributed by atoms with Crippen LogP contribution in [0.5, 0.6) is 11.5 Å². The summed E-state index contributed by atoms with van der Waals surface area (Å²) < 4.78 is 13.0. The number of carbonyl (C=O) groups excluding carboxylic acids is 1. The van der Waals surface area contributed by atoms with Crippen molar-refractivity contribution in [3.8, 4) is 22.1 Å². The maximum absolute atomic E-state index is 12.5. The van der Waals surface area contributed by atoms with Crippen molar-refractivity contribution in [1.29, 1.82) is 0 Å². The van der Waals surface area contributed by atoms with E-state index in [1.54, 1.807) is 21.9 Å². The SMILES string of the molecule is O=C(NCc1nnc2ccc(-c3cccs3)nn12)C1COc2ccccc2O1. The third-order valence-electron chi connectivity index (χ3n) is 4.32. The van der Waals surface area contributed by atoms with E-state index in [1.807, 2.05) is 47.8 Å². The number of hydrogen-bond acceptors (Lipinski definition) is 7. The van der Waals surface area contributed by atoms with E-state index in [2.05, 4.69) is 20.6 Å². The van der Waals surface area contributed by atoms with Crippen molar-refractivity contribution in [2.75, 3.05) is 6.61 Å². The second-order valence-electron chi connectivity index (χ2n) is 6.16. The van der Waals surface area contributed by atoms with Gasteiger partial charge in [0.2, 0.25) is 6.10 Å². The molecule has 8 nitrogen and oxygen atoms in total. The predicted molar refractivity (Wildman–Crippen MR) is 102 cm³/mol. The quantitative estimate of drug-likeness (QED) is 0.572. The molecule has 1 unspecified atom stereocenters. The third kappa shape index (κ3) is 3.05. The Morgan fingerprint density at radius 1 is 1.14 bits per heavy atom. The molecule has 28 heavy (non-hydrogen) atoms. The summed E-state index contributed by atoms with van der Waals surface area (Å²) in [5.74, 6) is 1.46. The van der Waals surface area contributed by atoms with Gasteiger partial charge >= 0.3 is 0 Å². The Labute approximate surface area is 163 Å². The van der Waals surface area contributed by atoms with Crippen molar-refractivity contribution in [3.63, 3.8) is 0 Å². The van der Waals surface area contributed by atoms with E-state index in [4.69, 9.17) is 9.47 Å². The molecule has 1 aliphatic rings. The molecule has 4 heterocycles. The van der Waals surface area contributed by atoms with E-state index in [0.717, 1.165) is 10.6 Å². The molecule has 1 aromatic carbocycles. The van der Waals surface area contributed by atoms with Crippen LogP contribution in [0.4, 0.5) is 0 Å². The molecular weight excluding hydrogens is 378 g/mol. The summed E-state index contributed by atoms with van der Waals surface area (Å²) in [7, 11) is 0. The monoisotopic (exact) mass is 393 g/mol. The summed E-state index contributed by atoms with van der Waals surface area (Å²) in [6, 6.07) is 15.0. The molecule has 1 amide bonds. The highest BCUT2D eigenvalue weighted by Crippen LogP contribution is 2.30. The van der Waals surface area contributed by atoms with Gasteiger partial charge in [0.15, 0.2) is 23.0 Å². The Hall–Kier alpha value is -3.46. The number of benzene rings is 1. The van der Waals surface area contributed by atoms with Crippen molar-refractivity contribution >= 4 is 22.9 Å². The van der Waals surface area contributed by atoms with Crippen LogP contribution < -0.4 is 14.8 Å². The molecule has 1 atom stereocenters. The van der Waals surface area contributed by atoms with Crippen molar-refractivity contribution in [2.24, 2.45) is 0 Å². The highest BCUT2D eigenvalue weighted by atomic mass is 32.1. The zero-order valence-corrected chi connectivity index (χ0v) is 15.4. The maximum atomic E-state index is 12.5. The first kappa shape index (κ1) is 16.7.